The standard InChI is InChI=1S/C32H32N2O6S2/c1-22(36)33-26-15-17-29(18-16-26)41-21-28-19-31(24-9-7-23(20-35)8-10-24)40-32(39-28)25-11-13-27(14-12-25)34-42(37,38)30-5-3-2-4-6-30/h2-18,28,31-32,34-35H,19-21H2,1H3,(H,33,36)/t28-,31+,32+/m1/s1. The molecule has 0 spiro atoms. The minimum atomic E-state index is -3.71. The zero-order chi connectivity index (χ0) is 29.5. The molecule has 1 fully saturated rings. The number of rotatable bonds is 10. The molecule has 0 bridgehead atoms. The normalized spacial score (nSPS) is 18.8. The van der Waals surface area contributed by atoms with Gasteiger partial charge < -0.3 is 19.9 Å². The Morgan fingerprint density at radius 2 is 1.50 bits per heavy atom. The Balaban J connectivity index is 1.31. The number of carbonyl (C=O) groups is 1. The Bertz CT molecular complexity index is 1580. The van der Waals surface area contributed by atoms with E-state index in [1.54, 1.807) is 66.4 Å². The third kappa shape index (κ3) is 7.78. The van der Waals surface area contributed by atoms with Crippen LogP contribution in [-0.4, -0.2) is 31.3 Å². The molecule has 3 atom stereocenters. The number of hydrogen-bond donors (Lipinski definition) is 3. The quantitative estimate of drug-likeness (QED) is 0.183. The summed E-state index contributed by atoms with van der Waals surface area (Å²) in [5.41, 5.74) is 3.76. The summed E-state index contributed by atoms with van der Waals surface area (Å²) in [5.74, 6) is 0.566. The molecule has 0 aliphatic carbocycles. The highest BCUT2D eigenvalue weighted by Crippen LogP contribution is 2.39. The zero-order valence-corrected chi connectivity index (χ0v) is 24.6. The number of sulfonamides is 1. The summed E-state index contributed by atoms with van der Waals surface area (Å²) in [6, 6.07) is 30.6. The molecule has 3 N–H and O–H groups in total. The third-order valence-electron chi connectivity index (χ3n) is 6.71. The first-order valence-electron chi connectivity index (χ1n) is 13.5. The van der Waals surface area contributed by atoms with E-state index in [2.05, 4.69) is 10.0 Å². The van der Waals surface area contributed by atoms with Crippen LogP contribution in [0.4, 0.5) is 11.4 Å². The number of hydrogen-bond acceptors (Lipinski definition) is 7. The van der Waals surface area contributed by atoms with Crippen molar-refractivity contribution in [1.29, 1.82) is 0 Å². The molecule has 0 aromatic heterocycles. The van der Waals surface area contributed by atoms with Gasteiger partial charge in [0.2, 0.25) is 5.91 Å². The van der Waals surface area contributed by atoms with Gasteiger partial charge in [-0.25, -0.2) is 8.42 Å². The first-order valence-corrected chi connectivity index (χ1v) is 15.9. The molecule has 1 amide bonds. The third-order valence-corrected chi connectivity index (χ3v) is 9.26. The van der Waals surface area contributed by atoms with Crippen LogP contribution >= 0.6 is 11.8 Å². The van der Waals surface area contributed by atoms with Crippen molar-refractivity contribution >= 4 is 39.1 Å². The highest BCUT2D eigenvalue weighted by Gasteiger charge is 2.32. The van der Waals surface area contributed by atoms with Crippen molar-refractivity contribution in [3.63, 3.8) is 0 Å². The molecule has 4 aromatic carbocycles. The summed E-state index contributed by atoms with van der Waals surface area (Å²) in [5, 5.41) is 12.2. The predicted octanol–water partition coefficient (Wildman–Crippen LogP) is 6.28. The fourth-order valence-corrected chi connectivity index (χ4v) is 6.57. The van der Waals surface area contributed by atoms with Gasteiger partial charge in [-0.3, -0.25) is 9.52 Å². The van der Waals surface area contributed by atoms with E-state index in [9.17, 15) is 18.3 Å². The SMILES string of the molecule is CC(=O)Nc1ccc(SC[C@H]2C[C@@H](c3ccc(CO)cc3)O[C@@H](c3ccc(NS(=O)(=O)c4ccccc4)cc3)O2)cc1. The minimum Gasteiger partial charge on any atom is -0.392 e. The lowest BCUT2D eigenvalue weighted by molar-refractivity contribution is -0.245. The van der Waals surface area contributed by atoms with Crippen molar-refractivity contribution < 1.29 is 27.8 Å². The summed E-state index contributed by atoms with van der Waals surface area (Å²) in [6.07, 6.45) is -0.391. The van der Waals surface area contributed by atoms with Gasteiger partial charge >= 0.3 is 0 Å². The Kier molecular flexibility index (Phi) is 9.61. The number of amides is 1. The molecular formula is C32H32N2O6S2. The van der Waals surface area contributed by atoms with Crippen LogP contribution in [0, 0.1) is 0 Å². The number of nitrogens with one attached hydrogen (secondary N) is 2. The van der Waals surface area contributed by atoms with E-state index in [4.69, 9.17) is 9.47 Å². The van der Waals surface area contributed by atoms with E-state index >= 15 is 0 Å². The lowest BCUT2D eigenvalue weighted by atomic mass is 10.0. The highest BCUT2D eigenvalue weighted by molar-refractivity contribution is 7.99. The van der Waals surface area contributed by atoms with Crippen molar-refractivity contribution in [3.8, 4) is 0 Å². The van der Waals surface area contributed by atoms with Crippen LogP contribution < -0.4 is 10.0 Å². The van der Waals surface area contributed by atoms with E-state index in [0.29, 0.717) is 17.9 Å². The van der Waals surface area contributed by atoms with Crippen molar-refractivity contribution in [2.24, 2.45) is 0 Å². The van der Waals surface area contributed by atoms with Crippen LogP contribution in [0.1, 0.15) is 42.4 Å². The molecular weight excluding hydrogens is 572 g/mol. The summed E-state index contributed by atoms with van der Waals surface area (Å²) >= 11 is 1.66. The first kappa shape index (κ1) is 29.8. The van der Waals surface area contributed by atoms with E-state index in [1.807, 2.05) is 48.5 Å². The number of benzene rings is 4. The fraction of sp³-hybridized carbons (Fsp3) is 0.219. The van der Waals surface area contributed by atoms with E-state index in [0.717, 1.165) is 27.3 Å². The number of anilines is 2. The average Bonchev–Trinajstić information content (AvgIpc) is 3.01. The number of ether oxygens (including phenoxy) is 2. The lowest BCUT2D eigenvalue weighted by Crippen LogP contribution is -2.31. The Hall–Kier alpha value is -3.67. The molecule has 4 aromatic rings. The van der Waals surface area contributed by atoms with Crippen molar-refractivity contribution in [1.82, 2.24) is 0 Å². The molecule has 1 aliphatic heterocycles. The first-order chi connectivity index (χ1) is 20.3. The maximum atomic E-state index is 12.7. The smallest absolute Gasteiger partial charge is 0.261 e. The van der Waals surface area contributed by atoms with Gasteiger partial charge in [0, 0.05) is 40.9 Å². The maximum Gasteiger partial charge on any atom is 0.261 e. The molecule has 1 heterocycles. The minimum absolute atomic E-state index is 0.0299. The van der Waals surface area contributed by atoms with E-state index in [-0.39, 0.29) is 29.6 Å². The van der Waals surface area contributed by atoms with Gasteiger partial charge in [-0.05, 0) is 59.7 Å². The van der Waals surface area contributed by atoms with Crippen LogP contribution in [0.2, 0.25) is 0 Å². The van der Waals surface area contributed by atoms with Crippen LogP contribution in [-0.2, 0) is 30.9 Å². The van der Waals surface area contributed by atoms with Crippen LogP contribution in [0.5, 0.6) is 0 Å². The molecule has 0 saturated carbocycles. The Morgan fingerprint density at radius 3 is 2.14 bits per heavy atom. The van der Waals surface area contributed by atoms with Crippen LogP contribution in [0.15, 0.2) is 113 Å². The van der Waals surface area contributed by atoms with E-state index in [1.165, 1.54) is 6.92 Å². The second kappa shape index (κ2) is 13.5. The highest BCUT2D eigenvalue weighted by atomic mass is 32.2. The molecule has 10 heteroatoms. The van der Waals surface area contributed by atoms with Gasteiger partial charge in [0.1, 0.15) is 0 Å². The van der Waals surface area contributed by atoms with Crippen molar-refractivity contribution in [3.05, 3.63) is 120 Å². The van der Waals surface area contributed by atoms with Gasteiger partial charge in [0.15, 0.2) is 6.29 Å². The summed E-state index contributed by atoms with van der Waals surface area (Å²) in [7, 11) is -3.71. The fourth-order valence-electron chi connectivity index (χ4n) is 4.57. The summed E-state index contributed by atoms with van der Waals surface area (Å²) < 4.78 is 40.9. The number of aliphatic hydroxyl groups excluding tert-OH is 1. The molecule has 1 saturated heterocycles. The monoisotopic (exact) mass is 604 g/mol. The second-order valence-corrected chi connectivity index (χ2v) is 12.7. The van der Waals surface area contributed by atoms with Crippen molar-refractivity contribution in [2.75, 3.05) is 15.8 Å². The maximum absolute atomic E-state index is 12.7. The second-order valence-electron chi connectivity index (χ2n) is 9.91. The lowest BCUT2D eigenvalue weighted by Gasteiger charge is -2.36. The van der Waals surface area contributed by atoms with Gasteiger partial charge in [-0.1, -0.05) is 54.6 Å². The van der Waals surface area contributed by atoms with Gasteiger partial charge in [0.25, 0.3) is 10.0 Å². The largest absolute Gasteiger partial charge is 0.392 e. The topological polar surface area (TPSA) is 114 Å². The Morgan fingerprint density at radius 1 is 0.857 bits per heavy atom. The average molecular weight is 605 g/mol. The zero-order valence-electron chi connectivity index (χ0n) is 23.0. The molecule has 1 aliphatic rings. The molecule has 0 radical (unpaired) electrons. The Labute approximate surface area is 250 Å². The van der Waals surface area contributed by atoms with Gasteiger partial charge in [-0.2, -0.15) is 0 Å². The van der Waals surface area contributed by atoms with Gasteiger partial charge in [-0.15, -0.1) is 11.8 Å². The van der Waals surface area contributed by atoms with E-state index < -0.39 is 16.3 Å². The van der Waals surface area contributed by atoms with Crippen molar-refractivity contribution in [2.45, 2.75) is 48.2 Å². The summed E-state index contributed by atoms with van der Waals surface area (Å²) in [6.45, 7) is 1.45. The predicted molar refractivity (Wildman–Crippen MR) is 164 cm³/mol. The molecule has 5 rings (SSSR count). The van der Waals surface area contributed by atoms with Crippen LogP contribution in [0.3, 0.4) is 0 Å². The van der Waals surface area contributed by atoms with Crippen LogP contribution in [0.25, 0.3) is 0 Å². The summed E-state index contributed by atoms with van der Waals surface area (Å²) in [4.78, 5) is 12.6. The number of carbonyl (C=O) groups excluding carboxylic acids is 1. The number of thioether (sulfide) groups is 1. The molecule has 8 nitrogen and oxygen atoms in total. The van der Waals surface area contributed by atoms with Gasteiger partial charge in [0.05, 0.1) is 23.7 Å². The molecule has 42 heavy (non-hydrogen) atoms. The molecule has 0 unspecified atom stereocenters. The molecule has 218 valence electrons. The number of aliphatic hydroxyl groups is 1.